The van der Waals surface area contributed by atoms with Crippen molar-refractivity contribution in [3.8, 4) is 0 Å². The van der Waals surface area contributed by atoms with Crippen LogP contribution < -0.4 is 0 Å². The highest BCUT2D eigenvalue weighted by atomic mass is 16.6. The van der Waals surface area contributed by atoms with E-state index in [2.05, 4.69) is 0 Å². The van der Waals surface area contributed by atoms with Gasteiger partial charge in [-0.05, 0) is 23.8 Å². The molecular weight excluding hydrogens is 282 g/mol. The first kappa shape index (κ1) is 13.2. The molecule has 3 amide bonds. The summed E-state index contributed by atoms with van der Waals surface area (Å²) in [7, 11) is 0. The van der Waals surface area contributed by atoms with Gasteiger partial charge in [-0.2, -0.15) is 4.90 Å². The first-order chi connectivity index (χ1) is 10.7. The quantitative estimate of drug-likeness (QED) is 0.619. The Hall–Kier alpha value is -2.43. The average molecular weight is 297 g/mol. The summed E-state index contributed by atoms with van der Waals surface area (Å²) < 4.78 is 5.13. The van der Waals surface area contributed by atoms with Gasteiger partial charge in [0.1, 0.15) is 6.61 Å². The summed E-state index contributed by atoms with van der Waals surface area (Å²) in [5.41, 5.74) is 0.817. The summed E-state index contributed by atoms with van der Waals surface area (Å²) in [4.78, 5) is 37.7. The molecule has 0 spiro atoms. The number of nitrogens with zero attached hydrogens (tertiary/aromatic N) is 1. The molecule has 22 heavy (non-hydrogen) atoms. The van der Waals surface area contributed by atoms with Crippen LogP contribution in [0.1, 0.15) is 12.0 Å². The Bertz CT molecular complexity index is 651. The number of hydrogen-bond acceptors (Lipinski definition) is 4. The third kappa shape index (κ3) is 1.81. The molecule has 1 heterocycles. The third-order valence-corrected chi connectivity index (χ3v) is 4.86. The molecule has 1 aromatic rings. The van der Waals surface area contributed by atoms with E-state index in [1.54, 1.807) is 0 Å². The van der Waals surface area contributed by atoms with Gasteiger partial charge < -0.3 is 4.74 Å². The normalized spacial score (nSPS) is 31.7. The highest BCUT2D eigenvalue weighted by molar-refractivity contribution is 6.16. The van der Waals surface area contributed by atoms with Crippen LogP contribution >= 0.6 is 0 Å². The minimum Gasteiger partial charge on any atom is -0.444 e. The number of allylic oxidation sites excluding steroid dienone is 2. The highest BCUT2D eigenvalue weighted by Crippen LogP contribution is 2.52. The van der Waals surface area contributed by atoms with Crippen molar-refractivity contribution in [1.29, 1.82) is 0 Å². The number of imide groups is 3. The second-order valence-corrected chi connectivity index (χ2v) is 6.05. The Morgan fingerprint density at radius 1 is 1.05 bits per heavy atom. The van der Waals surface area contributed by atoms with Gasteiger partial charge in [0.25, 0.3) is 0 Å². The van der Waals surface area contributed by atoms with Crippen molar-refractivity contribution < 1.29 is 19.1 Å². The van der Waals surface area contributed by atoms with Gasteiger partial charge in [-0.15, -0.1) is 0 Å². The van der Waals surface area contributed by atoms with Crippen LogP contribution in [0.3, 0.4) is 0 Å². The fourth-order valence-corrected chi connectivity index (χ4v) is 3.87. The molecule has 5 heteroatoms. The lowest BCUT2D eigenvalue weighted by Crippen LogP contribution is -2.38. The Morgan fingerprint density at radius 3 is 2.23 bits per heavy atom. The summed E-state index contributed by atoms with van der Waals surface area (Å²) in [6, 6.07) is 9.18. The molecule has 0 radical (unpaired) electrons. The van der Waals surface area contributed by atoms with Crippen LogP contribution in [-0.4, -0.2) is 22.8 Å². The molecule has 1 aliphatic heterocycles. The van der Waals surface area contributed by atoms with E-state index in [1.165, 1.54) is 0 Å². The van der Waals surface area contributed by atoms with Crippen molar-refractivity contribution in [1.82, 2.24) is 4.90 Å². The zero-order valence-corrected chi connectivity index (χ0v) is 11.8. The molecule has 2 bridgehead atoms. The molecule has 3 aliphatic rings. The van der Waals surface area contributed by atoms with Crippen molar-refractivity contribution in [3.63, 3.8) is 0 Å². The van der Waals surface area contributed by atoms with Gasteiger partial charge in [-0.1, -0.05) is 42.5 Å². The predicted octanol–water partition coefficient (Wildman–Crippen LogP) is 2.13. The molecule has 4 rings (SSSR count). The summed E-state index contributed by atoms with van der Waals surface area (Å²) in [5.74, 6) is -1.34. The molecule has 0 unspecified atom stereocenters. The predicted molar refractivity (Wildman–Crippen MR) is 76.2 cm³/mol. The molecule has 2 aliphatic carbocycles. The number of benzene rings is 1. The van der Waals surface area contributed by atoms with E-state index in [1.807, 2.05) is 42.5 Å². The zero-order valence-electron chi connectivity index (χ0n) is 11.8. The van der Waals surface area contributed by atoms with Crippen molar-refractivity contribution >= 4 is 17.9 Å². The summed E-state index contributed by atoms with van der Waals surface area (Å²) in [6.45, 7) is 0.0528. The molecule has 1 saturated heterocycles. The van der Waals surface area contributed by atoms with Gasteiger partial charge in [0.15, 0.2) is 0 Å². The first-order valence-corrected chi connectivity index (χ1v) is 7.43. The topological polar surface area (TPSA) is 63.7 Å². The minimum atomic E-state index is -0.854. The Balaban J connectivity index is 1.48. The molecule has 0 aromatic heterocycles. The fraction of sp³-hybridized carbons (Fsp3) is 0.353. The summed E-state index contributed by atoms with van der Waals surface area (Å²) in [5, 5.41) is 0. The van der Waals surface area contributed by atoms with Gasteiger partial charge in [-0.25, -0.2) is 4.79 Å². The van der Waals surface area contributed by atoms with Gasteiger partial charge in [-0.3, -0.25) is 9.59 Å². The van der Waals surface area contributed by atoms with Crippen LogP contribution in [0.25, 0.3) is 0 Å². The van der Waals surface area contributed by atoms with Gasteiger partial charge in [0, 0.05) is 0 Å². The number of carbonyl (C=O) groups excluding carboxylic acids is 3. The maximum absolute atomic E-state index is 12.4. The Morgan fingerprint density at radius 2 is 1.64 bits per heavy atom. The molecule has 4 atom stereocenters. The van der Waals surface area contributed by atoms with E-state index < -0.39 is 17.9 Å². The smallest absolute Gasteiger partial charge is 0.423 e. The molecule has 112 valence electrons. The number of ether oxygens (including phenoxy) is 1. The van der Waals surface area contributed by atoms with Crippen LogP contribution in [-0.2, 0) is 20.9 Å². The van der Waals surface area contributed by atoms with E-state index >= 15 is 0 Å². The third-order valence-electron chi connectivity index (χ3n) is 4.86. The lowest BCUT2D eigenvalue weighted by atomic mass is 9.85. The maximum atomic E-state index is 12.4. The van der Waals surface area contributed by atoms with Crippen LogP contribution in [0, 0.1) is 23.7 Å². The van der Waals surface area contributed by atoms with Crippen LogP contribution in [0.2, 0.25) is 0 Å². The monoisotopic (exact) mass is 297 g/mol. The minimum absolute atomic E-state index is 0.0528. The molecule has 1 aromatic carbocycles. The number of likely N-dealkylation sites (tertiary alicyclic amines) is 1. The standard InChI is InChI=1S/C17H15NO4/c19-15-13-11-6-7-12(8-11)14(13)16(20)18(15)17(21)22-9-10-4-2-1-3-5-10/h1-7,11-14H,8-9H2/t11-,12+,13-,14+. The first-order valence-electron chi connectivity index (χ1n) is 7.43. The molecule has 5 nitrogen and oxygen atoms in total. The molecular formula is C17H15NO4. The van der Waals surface area contributed by atoms with E-state index in [0.29, 0.717) is 4.90 Å². The maximum Gasteiger partial charge on any atom is 0.423 e. The summed E-state index contributed by atoms with van der Waals surface area (Å²) in [6.07, 6.45) is 3.98. The van der Waals surface area contributed by atoms with Gasteiger partial charge >= 0.3 is 6.09 Å². The van der Waals surface area contributed by atoms with E-state index in [4.69, 9.17) is 4.74 Å². The fourth-order valence-electron chi connectivity index (χ4n) is 3.87. The van der Waals surface area contributed by atoms with E-state index in [0.717, 1.165) is 12.0 Å². The molecule has 2 fully saturated rings. The lowest BCUT2D eigenvalue weighted by molar-refractivity contribution is -0.138. The summed E-state index contributed by atoms with van der Waals surface area (Å²) >= 11 is 0. The van der Waals surface area contributed by atoms with Crippen LogP contribution in [0.5, 0.6) is 0 Å². The van der Waals surface area contributed by atoms with Crippen LogP contribution in [0.15, 0.2) is 42.5 Å². The number of amides is 3. The van der Waals surface area contributed by atoms with Crippen LogP contribution in [0.4, 0.5) is 4.79 Å². The SMILES string of the molecule is O=C(OCc1ccccc1)N1C(=O)[C@@H]2[C@H](C1=O)[C@@H]1C=C[C@H]2C1. The van der Waals surface area contributed by atoms with E-state index in [-0.39, 0.29) is 30.3 Å². The molecule has 0 N–H and O–H groups in total. The zero-order chi connectivity index (χ0) is 15.3. The Kier molecular flexibility index (Phi) is 2.89. The van der Waals surface area contributed by atoms with Gasteiger partial charge in [0.2, 0.25) is 11.8 Å². The highest BCUT2D eigenvalue weighted by Gasteiger charge is 2.61. The number of carbonyl (C=O) groups is 3. The Labute approximate surface area is 127 Å². The largest absolute Gasteiger partial charge is 0.444 e. The number of fused-ring (bicyclic) bond motifs is 5. The van der Waals surface area contributed by atoms with Crippen molar-refractivity contribution in [2.24, 2.45) is 23.7 Å². The van der Waals surface area contributed by atoms with Crippen molar-refractivity contribution in [3.05, 3.63) is 48.0 Å². The van der Waals surface area contributed by atoms with Crippen molar-refractivity contribution in [2.75, 3.05) is 0 Å². The lowest BCUT2D eigenvalue weighted by Gasteiger charge is -2.15. The molecule has 1 saturated carbocycles. The van der Waals surface area contributed by atoms with E-state index in [9.17, 15) is 14.4 Å². The average Bonchev–Trinajstić information content (AvgIpc) is 3.20. The number of rotatable bonds is 2. The van der Waals surface area contributed by atoms with Crippen molar-refractivity contribution in [2.45, 2.75) is 13.0 Å². The second-order valence-electron chi connectivity index (χ2n) is 6.05. The number of hydrogen-bond donors (Lipinski definition) is 0. The van der Waals surface area contributed by atoms with Gasteiger partial charge in [0.05, 0.1) is 11.8 Å². The second kappa shape index (κ2) is 4.80.